The smallest absolute Gasteiger partial charge is 0.287 e. The lowest BCUT2D eigenvalue weighted by Gasteiger charge is -2.14. The van der Waals surface area contributed by atoms with Gasteiger partial charge >= 0.3 is 0 Å². The van der Waals surface area contributed by atoms with Gasteiger partial charge in [-0.25, -0.2) is 0 Å². The third kappa shape index (κ3) is 3.19. The van der Waals surface area contributed by atoms with Crippen molar-refractivity contribution in [2.45, 2.75) is 19.5 Å². The molecule has 0 aliphatic carbocycles. The quantitative estimate of drug-likeness (QED) is 0.876. The molecule has 0 aliphatic heterocycles. The first kappa shape index (κ1) is 14.1. The molecule has 1 heterocycles. The minimum Gasteiger partial charge on any atom is -0.497 e. The van der Waals surface area contributed by atoms with Gasteiger partial charge in [-0.3, -0.25) is 4.79 Å². The first-order valence-corrected chi connectivity index (χ1v) is 6.37. The van der Waals surface area contributed by atoms with Gasteiger partial charge in [-0.1, -0.05) is 12.1 Å². The van der Waals surface area contributed by atoms with Crippen LogP contribution in [0.25, 0.3) is 0 Å². The minimum absolute atomic E-state index is 0.149. The van der Waals surface area contributed by atoms with E-state index in [4.69, 9.17) is 14.9 Å². The third-order valence-electron chi connectivity index (χ3n) is 3.03. The summed E-state index contributed by atoms with van der Waals surface area (Å²) in [6.45, 7) is 2.18. The number of methoxy groups -OCH3 is 1. The SMILES string of the molecule is COc1cccc([C@@H](C)NC(=O)c2ccc(CN)o2)c1. The number of hydrogen-bond donors (Lipinski definition) is 2. The Morgan fingerprint density at radius 3 is 2.85 bits per heavy atom. The molecule has 2 rings (SSSR count). The van der Waals surface area contributed by atoms with Gasteiger partial charge in [0.05, 0.1) is 19.7 Å². The maximum atomic E-state index is 12.0. The van der Waals surface area contributed by atoms with Gasteiger partial charge in [-0.2, -0.15) is 0 Å². The Morgan fingerprint density at radius 2 is 2.20 bits per heavy atom. The minimum atomic E-state index is -0.264. The summed E-state index contributed by atoms with van der Waals surface area (Å²) in [6, 6.07) is 10.7. The number of furan rings is 1. The van der Waals surface area contributed by atoms with Crippen molar-refractivity contribution >= 4 is 5.91 Å². The van der Waals surface area contributed by atoms with Crippen LogP contribution in [0.4, 0.5) is 0 Å². The summed E-state index contributed by atoms with van der Waals surface area (Å²) in [5, 5.41) is 2.87. The van der Waals surface area contributed by atoms with Crippen molar-refractivity contribution in [2.75, 3.05) is 7.11 Å². The summed E-state index contributed by atoms with van der Waals surface area (Å²) in [5.74, 6) is 1.34. The second kappa shape index (κ2) is 6.25. The Balaban J connectivity index is 2.06. The summed E-state index contributed by atoms with van der Waals surface area (Å²) in [4.78, 5) is 12.0. The molecule has 0 spiro atoms. The maximum absolute atomic E-state index is 12.0. The van der Waals surface area contributed by atoms with Crippen molar-refractivity contribution in [3.8, 4) is 5.75 Å². The van der Waals surface area contributed by atoms with E-state index in [1.165, 1.54) is 0 Å². The molecule has 1 aromatic heterocycles. The zero-order valence-electron chi connectivity index (χ0n) is 11.6. The van der Waals surface area contributed by atoms with E-state index in [0.29, 0.717) is 5.76 Å². The average molecular weight is 274 g/mol. The van der Waals surface area contributed by atoms with Gasteiger partial charge in [0.1, 0.15) is 11.5 Å². The Labute approximate surface area is 117 Å². The molecule has 1 aromatic carbocycles. The number of amides is 1. The second-order valence-corrected chi connectivity index (χ2v) is 4.44. The van der Waals surface area contributed by atoms with Crippen LogP contribution in [-0.4, -0.2) is 13.0 Å². The molecule has 0 unspecified atom stereocenters. The molecule has 0 fully saturated rings. The van der Waals surface area contributed by atoms with Gasteiger partial charge in [0.2, 0.25) is 0 Å². The summed E-state index contributed by atoms with van der Waals surface area (Å²) in [6.07, 6.45) is 0. The lowest BCUT2D eigenvalue weighted by molar-refractivity contribution is 0.0910. The van der Waals surface area contributed by atoms with Crippen molar-refractivity contribution in [1.29, 1.82) is 0 Å². The molecule has 1 atom stereocenters. The van der Waals surface area contributed by atoms with Crippen LogP contribution in [-0.2, 0) is 6.54 Å². The van der Waals surface area contributed by atoms with Crippen LogP contribution in [0.2, 0.25) is 0 Å². The molecule has 106 valence electrons. The van der Waals surface area contributed by atoms with E-state index in [2.05, 4.69) is 5.32 Å². The largest absolute Gasteiger partial charge is 0.497 e. The molecule has 5 heteroatoms. The van der Waals surface area contributed by atoms with E-state index >= 15 is 0 Å². The number of carbonyl (C=O) groups excluding carboxylic acids is 1. The number of nitrogens with two attached hydrogens (primary N) is 1. The number of rotatable bonds is 5. The highest BCUT2D eigenvalue weighted by Crippen LogP contribution is 2.19. The van der Waals surface area contributed by atoms with Crippen LogP contribution in [0.15, 0.2) is 40.8 Å². The number of nitrogens with one attached hydrogen (secondary N) is 1. The fourth-order valence-electron chi connectivity index (χ4n) is 1.87. The highest BCUT2D eigenvalue weighted by molar-refractivity contribution is 5.91. The summed E-state index contributed by atoms with van der Waals surface area (Å²) >= 11 is 0. The van der Waals surface area contributed by atoms with Crippen LogP contribution < -0.4 is 15.8 Å². The van der Waals surface area contributed by atoms with E-state index in [0.717, 1.165) is 11.3 Å². The zero-order valence-corrected chi connectivity index (χ0v) is 11.6. The van der Waals surface area contributed by atoms with Crippen molar-refractivity contribution in [3.05, 3.63) is 53.5 Å². The van der Waals surface area contributed by atoms with Gasteiger partial charge in [0.25, 0.3) is 5.91 Å². The fraction of sp³-hybridized carbons (Fsp3) is 0.267. The van der Waals surface area contributed by atoms with Gasteiger partial charge in [-0.15, -0.1) is 0 Å². The molecule has 0 aliphatic rings. The molecule has 5 nitrogen and oxygen atoms in total. The summed E-state index contributed by atoms with van der Waals surface area (Å²) < 4.78 is 10.5. The van der Waals surface area contributed by atoms with E-state index in [1.54, 1.807) is 19.2 Å². The first-order valence-electron chi connectivity index (χ1n) is 6.37. The average Bonchev–Trinajstić information content (AvgIpc) is 2.96. The third-order valence-corrected chi connectivity index (χ3v) is 3.03. The topological polar surface area (TPSA) is 77.5 Å². The highest BCUT2D eigenvalue weighted by Gasteiger charge is 2.15. The van der Waals surface area contributed by atoms with E-state index in [-0.39, 0.29) is 24.3 Å². The Morgan fingerprint density at radius 1 is 1.40 bits per heavy atom. The predicted molar refractivity (Wildman–Crippen MR) is 75.5 cm³/mol. The lowest BCUT2D eigenvalue weighted by Crippen LogP contribution is -2.26. The van der Waals surface area contributed by atoms with Crippen LogP contribution >= 0.6 is 0 Å². The molecule has 20 heavy (non-hydrogen) atoms. The number of benzene rings is 1. The lowest BCUT2D eigenvalue weighted by atomic mass is 10.1. The summed E-state index contributed by atoms with van der Waals surface area (Å²) in [7, 11) is 1.61. The van der Waals surface area contributed by atoms with Crippen LogP contribution in [0.3, 0.4) is 0 Å². The van der Waals surface area contributed by atoms with Crippen molar-refractivity contribution < 1.29 is 13.9 Å². The molecule has 1 amide bonds. The van der Waals surface area contributed by atoms with E-state index < -0.39 is 0 Å². The molecular weight excluding hydrogens is 256 g/mol. The Hall–Kier alpha value is -2.27. The van der Waals surface area contributed by atoms with Crippen molar-refractivity contribution in [3.63, 3.8) is 0 Å². The Kier molecular flexibility index (Phi) is 4.42. The van der Waals surface area contributed by atoms with Crippen LogP contribution in [0, 0.1) is 0 Å². The van der Waals surface area contributed by atoms with Crippen LogP contribution in [0.1, 0.15) is 34.8 Å². The van der Waals surface area contributed by atoms with Crippen molar-refractivity contribution in [1.82, 2.24) is 5.32 Å². The predicted octanol–water partition coefficient (Wildman–Crippen LogP) is 2.24. The van der Waals surface area contributed by atoms with Gasteiger partial charge < -0.3 is 20.2 Å². The fourth-order valence-corrected chi connectivity index (χ4v) is 1.87. The zero-order chi connectivity index (χ0) is 14.5. The number of hydrogen-bond acceptors (Lipinski definition) is 4. The Bertz CT molecular complexity index is 592. The number of carbonyl (C=O) groups is 1. The summed E-state index contributed by atoms with van der Waals surface area (Å²) in [5.41, 5.74) is 6.41. The molecule has 0 radical (unpaired) electrons. The molecule has 0 saturated carbocycles. The van der Waals surface area contributed by atoms with Crippen LogP contribution in [0.5, 0.6) is 5.75 Å². The molecule has 2 aromatic rings. The molecule has 3 N–H and O–H groups in total. The van der Waals surface area contributed by atoms with Crippen molar-refractivity contribution in [2.24, 2.45) is 5.73 Å². The second-order valence-electron chi connectivity index (χ2n) is 4.44. The van der Waals surface area contributed by atoms with E-state index in [9.17, 15) is 4.79 Å². The van der Waals surface area contributed by atoms with Gasteiger partial charge in [0, 0.05) is 0 Å². The maximum Gasteiger partial charge on any atom is 0.287 e. The first-order chi connectivity index (χ1) is 9.63. The normalized spacial score (nSPS) is 11.9. The molecule has 0 saturated heterocycles. The van der Waals surface area contributed by atoms with Gasteiger partial charge in [-0.05, 0) is 36.8 Å². The monoisotopic (exact) mass is 274 g/mol. The van der Waals surface area contributed by atoms with Gasteiger partial charge in [0.15, 0.2) is 5.76 Å². The molecular formula is C15H18N2O3. The highest BCUT2D eigenvalue weighted by atomic mass is 16.5. The standard InChI is InChI=1S/C15H18N2O3/c1-10(11-4-3-5-12(8-11)19-2)17-15(18)14-7-6-13(9-16)20-14/h3-8,10H,9,16H2,1-2H3,(H,17,18)/t10-/m1/s1. The molecule has 0 bridgehead atoms. The number of ether oxygens (including phenoxy) is 1. The van der Waals surface area contributed by atoms with E-state index in [1.807, 2.05) is 31.2 Å².